The van der Waals surface area contributed by atoms with E-state index in [9.17, 15) is 4.79 Å². The summed E-state index contributed by atoms with van der Waals surface area (Å²) in [5.41, 5.74) is 5.39. The zero-order valence-corrected chi connectivity index (χ0v) is 20.9. The minimum atomic E-state index is -0.0668. The van der Waals surface area contributed by atoms with E-state index in [4.69, 9.17) is 18.9 Å². The van der Waals surface area contributed by atoms with Crippen LogP contribution in [0.1, 0.15) is 29.2 Å². The van der Waals surface area contributed by atoms with Gasteiger partial charge >= 0.3 is 0 Å². The molecule has 1 aliphatic rings. The molecule has 0 fully saturated rings. The Hall–Kier alpha value is -3.71. The minimum absolute atomic E-state index is 0.00799. The number of nitrogens with one attached hydrogen (secondary N) is 2. The van der Waals surface area contributed by atoms with Crippen molar-refractivity contribution < 1.29 is 18.9 Å². The van der Waals surface area contributed by atoms with Crippen LogP contribution in [0.2, 0.25) is 0 Å². The standard InChI is InChI=1S/C28H32N2O5/c1-29-22-12-8-18-14-25(33-3)27(34-4)28(35-5)26(18)20-11-13-23(24(31)15-21(20)22)30-16-17-6-9-19(32-2)10-7-17/h6-7,9-11,13-15,22,29H,8,12,16H2,1-5H3,(H,30,31)/t22-/m1/s1. The molecule has 0 saturated carbocycles. The lowest BCUT2D eigenvalue weighted by Crippen LogP contribution is -2.18. The van der Waals surface area contributed by atoms with Gasteiger partial charge in [0.15, 0.2) is 11.5 Å². The van der Waals surface area contributed by atoms with E-state index in [1.54, 1.807) is 34.5 Å². The van der Waals surface area contributed by atoms with Crippen LogP contribution in [0, 0.1) is 0 Å². The van der Waals surface area contributed by atoms with E-state index in [1.165, 1.54) is 0 Å². The molecule has 0 aliphatic heterocycles. The van der Waals surface area contributed by atoms with Gasteiger partial charge in [-0.25, -0.2) is 0 Å². The van der Waals surface area contributed by atoms with Gasteiger partial charge in [0.05, 0.1) is 34.1 Å². The molecule has 1 atom stereocenters. The van der Waals surface area contributed by atoms with E-state index >= 15 is 0 Å². The third-order valence-corrected chi connectivity index (χ3v) is 6.53. The van der Waals surface area contributed by atoms with Crippen LogP contribution in [0.5, 0.6) is 23.0 Å². The van der Waals surface area contributed by atoms with Gasteiger partial charge in [-0.1, -0.05) is 18.2 Å². The van der Waals surface area contributed by atoms with Crippen molar-refractivity contribution in [3.05, 3.63) is 75.4 Å². The summed E-state index contributed by atoms with van der Waals surface area (Å²) in [5, 5.41) is 6.69. The number of rotatable bonds is 8. The molecule has 1 aliphatic carbocycles. The lowest BCUT2D eigenvalue weighted by molar-refractivity contribution is 0.324. The molecular weight excluding hydrogens is 444 g/mol. The van der Waals surface area contributed by atoms with Crippen molar-refractivity contribution in [1.82, 2.24) is 5.32 Å². The van der Waals surface area contributed by atoms with Gasteiger partial charge in [-0.15, -0.1) is 0 Å². The highest BCUT2D eigenvalue weighted by Crippen LogP contribution is 2.50. The lowest BCUT2D eigenvalue weighted by atomic mass is 9.95. The lowest BCUT2D eigenvalue weighted by Gasteiger charge is -2.19. The topological polar surface area (TPSA) is 78.1 Å². The van der Waals surface area contributed by atoms with Crippen LogP contribution < -0.4 is 35.0 Å². The second-order valence-electron chi connectivity index (χ2n) is 8.39. The molecule has 7 heteroatoms. The molecular formula is C28H32N2O5. The number of benzene rings is 2. The van der Waals surface area contributed by atoms with Gasteiger partial charge < -0.3 is 29.6 Å². The normalized spacial score (nSPS) is 14.3. The first-order valence-corrected chi connectivity index (χ1v) is 11.6. The molecule has 7 nitrogen and oxygen atoms in total. The number of hydrogen-bond acceptors (Lipinski definition) is 7. The average Bonchev–Trinajstić information content (AvgIpc) is 3.14. The zero-order chi connectivity index (χ0) is 24.9. The molecule has 2 N–H and O–H groups in total. The summed E-state index contributed by atoms with van der Waals surface area (Å²) in [6.07, 6.45) is 1.62. The van der Waals surface area contributed by atoms with Gasteiger partial charge in [-0.2, -0.15) is 0 Å². The van der Waals surface area contributed by atoms with E-state index in [0.717, 1.165) is 46.4 Å². The molecule has 4 rings (SSSR count). The van der Waals surface area contributed by atoms with Crippen molar-refractivity contribution >= 4 is 5.69 Å². The molecule has 3 aromatic carbocycles. The highest BCUT2D eigenvalue weighted by molar-refractivity contribution is 5.83. The zero-order valence-electron chi connectivity index (χ0n) is 20.9. The Morgan fingerprint density at radius 1 is 0.886 bits per heavy atom. The van der Waals surface area contributed by atoms with Crippen molar-refractivity contribution in [3.8, 4) is 34.1 Å². The van der Waals surface area contributed by atoms with Gasteiger partial charge in [0.2, 0.25) is 11.2 Å². The molecule has 184 valence electrons. The van der Waals surface area contributed by atoms with Crippen molar-refractivity contribution in [2.75, 3.05) is 40.8 Å². The SMILES string of the molecule is CN[C@@H]1CCc2cc(OC)c(OC)c(OC)c2-c2ccc(NCc3ccc(OC)cc3)c(=O)cc21. The van der Waals surface area contributed by atoms with Crippen molar-refractivity contribution in [2.24, 2.45) is 0 Å². The Labute approximate surface area is 206 Å². The second kappa shape index (κ2) is 10.7. The fraction of sp³-hybridized carbons (Fsp3) is 0.321. The number of aryl methyl sites for hydroxylation is 1. The summed E-state index contributed by atoms with van der Waals surface area (Å²) in [7, 11) is 8.41. The van der Waals surface area contributed by atoms with Gasteiger partial charge in [0, 0.05) is 18.2 Å². The molecule has 0 aromatic heterocycles. The van der Waals surface area contributed by atoms with Gasteiger partial charge in [-0.05, 0) is 72.5 Å². The maximum absolute atomic E-state index is 13.3. The molecule has 0 spiro atoms. The fourth-order valence-electron chi connectivity index (χ4n) is 4.70. The maximum atomic E-state index is 13.3. The smallest absolute Gasteiger partial charge is 0.203 e. The highest BCUT2D eigenvalue weighted by Gasteiger charge is 2.28. The summed E-state index contributed by atoms with van der Waals surface area (Å²) >= 11 is 0. The Morgan fingerprint density at radius 3 is 2.26 bits per heavy atom. The Balaban J connectivity index is 1.83. The monoisotopic (exact) mass is 476 g/mol. The molecule has 0 radical (unpaired) electrons. The summed E-state index contributed by atoms with van der Waals surface area (Å²) in [5.74, 6) is 2.56. The van der Waals surface area contributed by atoms with Crippen LogP contribution in [0.15, 0.2) is 53.3 Å². The first-order valence-electron chi connectivity index (χ1n) is 11.6. The average molecular weight is 477 g/mol. The van der Waals surface area contributed by atoms with Crippen LogP contribution in [-0.4, -0.2) is 35.5 Å². The summed E-state index contributed by atoms with van der Waals surface area (Å²) in [6, 6.07) is 15.4. The summed E-state index contributed by atoms with van der Waals surface area (Å²) in [6.45, 7) is 0.522. The van der Waals surface area contributed by atoms with Crippen LogP contribution in [0.4, 0.5) is 5.69 Å². The highest BCUT2D eigenvalue weighted by atomic mass is 16.5. The quantitative estimate of drug-likeness (QED) is 0.493. The molecule has 0 amide bonds. The molecule has 3 aromatic rings. The summed E-state index contributed by atoms with van der Waals surface area (Å²) in [4.78, 5) is 13.3. The van der Waals surface area contributed by atoms with E-state index in [0.29, 0.717) is 29.5 Å². The van der Waals surface area contributed by atoms with Crippen molar-refractivity contribution in [2.45, 2.75) is 25.4 Å². The minimum Gasteiger partial charge on any atom is -0.497 e. The Morgan fingerprint density at radius 2 is 1.63 bits per heavy atom. The largest absolute Gasteiger partial charge is 0.497 e. The number of methoxy groups -OCH3 is 4. The predicted molar refractivity (Wildman–Crippen MR) is 138 cm³/mol. The number of anilines is 1. The number of fused-ring (bicyclic) bond motifs is 3. The molecule has 0 unspecified atom stereocenters. The molecule has 0 saturated heterocycles. The molecule has 0 heterocycles. The first-order chi connectivity index (χ1) is 17.0. The maximum Gasteiger partial charge on any atom is 0.203 e. The predicted octanol–water partition coefficient (Wildman–Crippen LogP) is 4.57. The number of hydrogen-bond donors (Lipinski definition) is 2. The fourth-order valence-corrected chi connectivity index (χ4v) is 4.70. The second-order valence-corrected chi connectivity index (χ2v) is 8.39. The first kappa shape index (κ1) is 24.4. The molecule has 0 bridgehead atoms. The van der Waals surface area contributed by atoms with Gasteiger partial charge in [0.1, 0.15) is 5.75 Å². The van der Waals surface area contributed by atoms with E-state index < -0.39 is 0 Å². The van der Waals surface area contributed by atoms with Gasteiger partial charge in [-0.3, -0.25) is 4.79 Å². The van der Waals surface area contributed by atoms with E-state index in [2.05, 4.69) is 10.6 Å². The van der Waals surface area contributed by atoms with Crippen LogP contribution in [0.25, 0.3) is 11.1 Å². The van der Waals surface area contributed by atoms with Crippen molar-refractivity contribution in [3.63, 3.8) is 0 Å². The Bertz CT molecular complexity index is 1260. The Kier molecular flexibility index (Phi) is 7.46. The number of ether oxygens (including phenoxy) is 4. The van der Waals surface area contributed by atoms with Crippen molar-refractivity contribution in [1.29, 1.82) is 0 Å². The molecule has 35 heavy (non-hydrogen) atoms. The van der Waals surface area contributed by atoms with Crippen LogP contribution in [-0.2, 0) is 13.0 Å². The van der Waals surface area contributed by atoms with E-state index in [-0.39, 0.29) is 11.5 Å². The van der Waals surface area contributed by atoms with Crippen LogP contribution in [0.3, 0.4) is 0 Å². The third-order valence-electron chi connectivity index (χ3n) is 6.53. The van der Waals surface area contributed by atoms with Gasteiger partial charge in [0.25, 0.3) is 0 Å². The van der Waals surface area contributed by atoms with E-state index in [1.807, 2.05) is 49.5 Å². The summed E-state index contributed by atoms with van der Waals surface area (Å²) < 4.78 is 22.3. The van der Waals surface area contributed by atoms with Crippen LogP contribution >= 0.6 is 0 Å². The third kappa shape index (κ3) is 4.77.